The Morgan fingerprint density at radius 2 is 1.94 bits per heavy atom. The van der Waals surface area contributed by atoms with Gasteiger partial charge in [-0.05, 0) is 40.7 Å². The zero-order valence-corrected chi connectivity index (χ0v) is 11.2. The number of nitrogens with one attached hydrogen (secondary N) is 1. The van der Waals surface area contributed by atoms with E-state index < -0.39 is 0 Å². The Morgan fingerprint density at radius 3 is 2.31 bits per heavy atom. The van der Waals surface area contributed by atoms with Gasteiger partial charge in [-0.2, -0.15) is 0 Å². The Morgan fingerprint density at radius 1 is 1.38 bits per heavy atom. The van der Waals surface area contributed by atoms with Crippen molar-refractivity contribution >= 4 is 5.91 Å². The molecular formula is C12H26N2O2. The lowest BCUT2D eigenvalue weighted by atomic mass is 10.1. The fraction of sp³-hybridized carbons (Fsp3) is 0.917. The van der Waals surface area contributed by atoms with Crippen LogP contribution >= 0.6 is 0 Å². The average Bonchev–Trinajstić information content (AvgIpc) is 2.13. The molecule has 0 fully saturated rings. The molecular weight excluding hydrogens is 204 g/mol. The van der Waals surface area contributed by atoms with Gasteiger partial charge in [-0.1, -0.05) is 6.92 Å². The van der Waals surface area contributed by atoms with Crippen LogP contribution in [0.5, 0.6) is 0 Å². The molecule has 0 aliphatic heterocycles. The zero-order chi connectivity index (χ0) is 12.8. The highest BCUT2D eigenvalue weighted by Gasteiger charge is 2.23. The summed E-state index contributed by atoms with van der Waals surface area (Å²) in [4.78, 5) is 13.9. The molecule has 0 aliphatic rings. The summed E-state index contributed by atoms with van der Waals surface area (Å²) in [6, 6.07) is -0.189. The van der Waals surface area contributed by atoms with Gasteiger partial charge >= 0.3 is 0 Å². The molecule has 0 aromatic rings. The minimum Gasteiger partial charge on any atom is -0.395 e. The number of hydrogen-bond donors (Lipinski definition) is 2. The second-order valence-electron chi connectivity index (χ2n) is 5.17. The van der Waals surface area contributed by atoms with Crippen LogP contribution in [-0.4, -0.2) is 47.2 Å². The smallest absolute Gasteiger partial charge is 0.237 e. The number of aliphatic hydroxyl groups is 1. The summed E-state index contributed by atoms with van der Waals surface area (Å²) < 4.78 is 0. The normalized spacial score (nSPS) is 13.9. The van der Waals surface area contributed by atoms with E-state index in [2.05, 4.69) is 12.2 Å². The second kappa shape index (κ2) is 6.86. The maximum Gasteiger partial charge on any atom is 0.237 e. The highest BCUT2D eigenvalue weighted by molar-refractivity contribution is 5.81. The van der Waals surface area contributed by atoms with E-state index in [4.69, 9.17) is 5.11 Å². The van der Waals surface area contributed by atoms with Gasteiger partial charge in [0.1, 0.15) is 0 Å². The van der Waals surface area contributed by atoms with E-state index in [9.17, 15) is 4.79 Å². The molecule has 2 N–H and O–H groups in total. The molecule has 0 bridgehead atoms. The van der Waals surface area contributed by atoms with Crippen LogP contribution in [0, 0.1) is 0 Å². The Hall–Kier alpha value is -0.610. The standard InChI is InChI=1S/C12H26N2O2/c1-6-7-14(8-9-15)10(2)11(16)13-12(3,4)5/h10,15H,6-9H2,1-5H3,(H,13,16). The summed E-state index contributed by atoms with van der Waals surface area (Å²) in [7, 11) is 0. The number of rotatable bonds is 6. The van der Waals surface area contributed by atoms with Crippen molar-refractivity contribution in [1.82, 2.24) is 10.2 Å². The summed E-state index contributed by atoms with van der Waals surface area (Å²) in [5.74, 6) is 0.0226. The first-order valence-electron chi connectivity index (χ1n) is 5.98. The van der Waals surface area contributed by atoms with Crippen LogP contribution < -0.4 is 5.32 Å². The minimum absolute atomic E-state index is 0.0226. The molecule has 4 heteroatoms. The van der Waals surface area contributed by atoms with Gasteiger partial charge in [0.15, 0.2) is 0 Å². The van der Waals surface area contributed by atoms with Crippen LogP contribution in [0.15, 0.2) is 0 Å². The van der Waals surface area contributed by atoms with Gasteiger partial charge in [-0.15, -0.1) is 0 Å². The molecule has 96 valence electrons. The van der Waals surface area contributed by atoms with Crippen molar-refractivity contribution in [3.05, 3.63) is 0 Å². The lowest BCUT2D eigenvalue weighted by Crippen LogP contribution is -2.51. The molecule has 0 heterocycles. The van der Waals surface area contributed by atoms with Crippen LogP contribution in [0.1, 0.15) is 41.0 Å². The molecule has 1 amide bonds. The predicted molar refractivity (Wildman–Crippen MR) is 66.3 cm³/mol. The number of carbonyl (C=O) groups is 1. The number of amides is 1. The third-order valence-corrected chi connectivity index (χ3v) is 2.32. The third kappa shape index (κ3) is 6.08. The number of aliphatic hydroxyl groups excluding tert-OH is 1. The van der Waals surface area contributed by atoms with Crippen molar-refractivity contribution in [2.24, 2.45) is 0 Å². The topological polar surface area (TPSA) is 52.6 Å². The lowest BCUT2D eigenvalue weighted by molar-refractivity contribution is -0.127. The van der Waals surface area contributed by atoms with Gasteiger partial charge in [0.05, 0.1) is 12.6 Å². The summed E-state index contributed by atoms with van der Waals surface area (Å²) >= 11 is 0. The van der Waals surface area contributed by atoms with Crippen molar-refractivity contribution < 1.29 is 9.90 Å². The zero-order valence-electron chi connectivity index (χ0n) is 11.2. The van der Waals surface area contributed by atoms with Crippen LogP contribution in [-0.2, 0) is 4.79 Å². The Bertz CT molecular complexity index is 206. The maximum absolute atomic E-state index is 11.9. The monoisotopic (exact) mass is 230 g/mol. The van der Waals surface area contributed by atoms with Gasteiger partial charge in [0, 0.05) is 12.1 Å². The van der Waals surface area contributed by atoms with E-state index in [0.717, 1.165) is 13.0 Å². The molecule has 1 unspecified atom stereocenters. The van der Waals surface area contributed by atoms with Crippen LogP contribution in [0.4, 0.5) is 0 Å². The number of nitrogens with zero attached hydrogens (tertiary/aromatic N) is 1. The van der Waals surface area contributed by atoms with Crippen molar-refractivity contribution in [2.45, 2.75) is 52.6 Å². The molecule has 0 radical (unpaired) electrons. The Kier molecular flexibility index (Phi) is 6.60. The summed E-state index contributed by atoms with van der Waals surface area (Å²) in [5, 5.41) is 11.9. The largest absolute Gasteiger partial charge is 0.395 e. The van der Waals surface area contributed by atoms with Crippen LogP contribution in [0.2, 0.25) is 0 Å². The molecule has 0 rings (SSSR count). The molecule has 0 aromatic heterocycles. The van der Waals surface area contributed by atoms with E-state index in [1.807, 2.05) is 32.6 Å². The Balaban J connectivity index is 4.36. The molecule has 0 aliphatic carbocycles. The van der Waals surface area contributed by atoms with Crippen molar-refractivity contribution in [1.29, 1.82) is 0 Å². The molecule has 16 heavy (non-hydrogen) atoms. The molecule has 0 saturated carbocycles. The molecule has 4 nitrogen and oxygen atoms in total. The Labute approximate surface area is 99.0 Å². The van der Waals surface area contributed by atoms with Gasteiger partial charge < -0.3 is 10.4 Å². The third-order valence-electron chi connectivity index (χ3n) is 2.32. The van der Waals surface area contributed by atoms with E-state index in [1.54, 1.807) is 0 Å². The lowest BCUT2D eigenvalue weighted by Gasteiger charge is -2.30. The van der Waals surface area contributed by atoms with Gasteiger partial charge in [-0.25, -0.2) is 0 Å². The van der Waals surface area contributed by atoms with E-state index >= 15 is 0 Å². The summed E-state index contributed by atoms with van der Waals surface area (Å²) in [5.41, 5.74) is -0.206. The predicted octanol–water partition coefficient (Wildman–Crippen LogP) is 0.994. The fourth-order valence-electron chi connectivity index (χ4n) is 1.55. The van der Waals surface area contributed by atoms with Crippen LogP contribution in [0.3, 0.4) is 0 Å². The highest BCUT2D eigenvalue weighted by atomic mass is 16.3. The first-order chi connectivity index (χ1) is 7.31. The summed E-state index contributed by atoms with van der Waals surface area (Å²) in [6.07, 6.45) is 0.979. The van der Waals surface area contributed by atoms with Gasteiger partial charge in [-0.3, -0.25) is 9.69 Å². The number of hydrogen-bond acceptors (Lipinski definition) is 3. The molecule has 0 spiro atoms. The molecule has 1 atom stereocenters. The summed E-state index contributed by atoms with van der Waals surface area (Å²) in [6.45, 7) is 11.3. The van der Waals surface area contributed by atoms with Crippen molar-refractivity contribution in [3.63, 3.8) is 0 Å². The molecule has 0 saturated heterocycles. The van der Waals surface area contributed by atoms with E-state index in [1.165, 1.54) is 0 Å². The number of carbonyl (C=O) groups excluding carboxylic acids is 1. The van der Waals surface area contributed by atoms with Gasteiger partial charge in [0.25, 0.3) is 0 Å². The average molecular weight is 230 g/mol. The van der Waals surface area contributed by atoms with Gasteiger partial charge in [0.2, 0.25) is 5.91 Å². The van der Waals surface area contributed by atoms with Crippen molar-refractivity contribution in [3.8, 4) is 0 Å². The SMILES string of the molecule is CCCN(CCO)C(C)C(=O)NC(C)(C)C. The quantitative estimate of drug-likeness (QED) is 0.715. The van der Waals surface area contributed by atoms with Crippen molar-refractivity contribution in [2.75, 3.05) is 19.7 Å². The first-order valence-corrected chi connectivity index (χ1v) is 5.98. The van der Waals surface area contributed by atoms with E-state index in [0.29, 0.717) is 6.54 Å². The van der Waals surface area contributed by atoms with Crippen LogP contribution in [0.25, 0.3) is 0 Å². The fourth-order valence-corrected chi connectivity index (χ4v) is 1.55. The maximum atomic E-state index is 11.9. The highest BCUT2D eigenvalue weighted by Crippen LogP contribution is 2.04. The minimum atomic E-state index is -0.206. The second-order valence-corrected chi connectivity index (χ2v) is 5.17. The molecule has 0 aromatic carbocycles. The first kappa shape index (κ1) is 15.4. The van der Waals surface area contributed by atoms with E-state index in [-0.39, 0.29) is 24.1 Å².